The van der Waals surface area contributed by atoms with E-state index < -0.39 is 11.7 Å². The van der Waals surface area contributed by atoms with Crippen molar-refractivity contribution in [3.05, 3.63) is 29.8 Å². The topological polar surface area (TPSA) is 76.1 Å². The van der Waals surface area contributed by atoms with Crippen molar-refractivity contribution in [2.45, 2.75) is 63.3 Å². The molecule has 2 N–H and O–H groups in total. The summed E-state index contributed by atoms with van der Waals surface area (Å²) >= 11 is 0. The van der Waals surface area contributed by atoms with E-state index in [0.717, 1.165) is 51.0 Å². The molecule has 1 aromatic carbocycles. The van der Waals surface area contributed by atoms with Crippen LogP contribution in [0, 0.1) is 23.2 Å². The van der Waals surface area contributed by atoms with E-state index >= 15 is 0 Å². The molecule has 2 aliphatic heterocycles. The van der Waals surface area contributed by atoms with Crippen molar-refractivity contribution < 1.29 is 27.9 Å². The van der Waals surface area contributed by atoms with Crippen LogP contribution in [0.3, 0.4) is 0 Å². The van der Waals surface area contributed by atoms with Gasteiger partial charge in [-0.3, -0.25) is 4.79 Å². The summed E-state index contributed by atoms with van der Waals surface area (Å²) in [6, 6.07) is 5.19. The Bertz CT molecular complexity index is 1060. The van der Waals surface area contributed by atoms with Crippen molar-refractivity contribution in [3.8, 4) is 0 Å². The second-order valence-corrected chi connectivity index (χ2v) is 12.3. The van der Waals surface area contributed by atoms with Gasteiger partial charge in [-0.15, -0.1) is 0 Å². The number of anilines is 1. The molecule has 6 fully saturated rings. The standard InChI is InChI=1S/C28H37F3N4O3/c29-28(30,31)21-3-1-5-23(13-21)33-7-9-34(10-8-33)26(38)35-6-2-4-22(17-35)32-25(37)27-14-18-11-19(15-27)24(36)20(12-18)16-27/h1,3,5,13,18-20,22,24,36H,2,4,6-12,14-17H2,(H,32,37)/t18?,19?,20?,22-,24?,27?/m0/s1. The summed E-state index contributed by atoms with van der Waals surface area (Å²) in [5.41, 5.74) is -0.508. The quantitative estimate of drug-likeness (QED) is 0.620. The lowest BCUT2D eigenvalue weighted by molar-refractivity contribution is -0.164. The Balaban J connectivity index is 1.03. The van der Waals surface area contributed by atoms with Gasteiger partial charge in [0.2, 0.25) is 5.91 Å². The van der Waals surface area contributed by atoms with E-state index in [0.29, 0.717) is 50.9 Å². The van der Waals surface area contributed by atoms with Gasteiger partial charge in [0.05, 0.1) is 17.1 Å². The first kappa shape index (κ1) is 25.8. The van der Waals surface area contributed by atoms with Crippen molar-refractivity contribution >= 4 is 17.6 Å². The lowest BCUT2D eigenvalue weighted by atomic mass is 9.48. The highest BCUT2D eigenvalue weighted by atomic mass is 19.4. The van der Waals surface area contributed by atoms with Gasteiger partial charge in [-0.25, -0.2) is 4.79 Å². The highest BCUT2D eigenvalue weighted by molar-refractivity contribution is 5.83. The van der Waals surface area contributed by atoms with E-state index in [2.05, 4.69) is 5.32 Å². The number of hydrogen-bond acceptors (Lipinski definition) is 4. The van der Waals surface area contributed by atoms with Gasteiger partial charge in [-0.2, -0.15) is 13.2 Å². The minimum Gasteiger partial charge on any atom is -0.393 e. The fourth-order valence-corrected chi connectivity index (χ4v) is 8.12. The third-order valence-electron chi connectivity index (χ3n) is 9.82. The molecule has 0 aromatic heterocycles. The molecule has 2 heterocycles. The van der Waals surface area contributed by atoms with Crippen LogP contribution in [0.25, 0.3) is 0 Å². The van der Waals surface area contributed by atoms with Gasteiger partial charge in [-0.05, 0) is 80.9 Å². The molecule has 4 saturated carbocycles. The number of nitrogens with one attached hydrogen (secondary N) is 1. The Labute approximate surface area is 221 Å². The molecule has 1 aromatic rings. The second-order valence-electron chi connectivity index (χ2n) is 12.3. The molecule has 38 heavy (non-hydrogen) atoms. The van der Waals surface area contributed by atoms with Crippen LogP contribution in [0.1, 0.15) is 50.5 Å². The summed E-state index contributed by atoms with van der Waals surface area (Å²) in [5, 5.41) is 13.9. The number of hydrogen-bond donors (Lipinski definition) is 2. The summed E-state index contributed by atoms with van der Waals surface area (Å²) in [5.74, 6) is 1.13. The van der Waals surface area contributed by atoms with Crippen LogP contribution in [0.2, 0.25) is 0 Å². The molecular formula is C28H37F3N4O3. The zero-order chi connectivity index (χ0) is 26.7. The fraction of sp³-hybridized carbons (Fsp3) is 0.714. The Hall–Kier alpha value is -2.49. The van der Waals surface area contributed by atoms with E-state index in [1.165, 1.54) is 12.1 Å². The van der Waals surface area contributed by atoms with Crippen LogP contribution in [0.5, 0.6) is 0 Å². The van der Waals surface area contributed by atoms with Crippen molar-refractivity contribution in [2.75, 3.05) is 44.2 Å². The maximum atomic E-state index is 13.5. The second kappa shape index (κ2) is 9.61. The molecule has 3 atom stereocenters. The van der Waals surface area contributed by atoms with Gasteiger partial charge < -0.3 is 25.1 Å². The lowest BCUT2D eigenvalue weighted by Gasteiger charge is -2.58. The number of benzene rings is 1. The molecule has 7 nitrogen and oxygen atoms in total. The molecule has 2 saturated heterocycles. The van der Waals surface area contributed by atoms with E-state index in [1.54, 1.807) is 11.0 Å². The number of piperidine rings is 1. The average Bonchev–Trinajstić information content (AvgIpc) is 2.90. The third-order valence-corrected chi connectivity index (χ3v) is 9.82. The van der Waals surface area contributed by atoms with Crippen molar-refractivity contribution in [1.82, 2.24) is 15.1 Å². The van der Waals surface area contributed by atoms with Gasteiger partial charge in [0.1, 0.15) is 0 Å². The van der Waals surface area contributed by atoms with Crippen LogP contribution < -0.4 is 10.2 Å². The predicted octanol–water partition coefficient (Wildman–Crippen LogP) is 3.72. The van der Waals surface area contributed by atoms with Gasteiger partial charge in [-0.1, -0.05) is 6.07 Å². The normalized spacial score (nSPS) is 34.9. The number of aliphatic hydroxyl groups excluding tert-OH is 1. The first-order valence-electron chi connectivity index (χ1n) is 14.1. The number of rotatable bonds is 3. The number of amides is 3. The van der Waals surface area contributed by atoms with Crippen molar-refractivity contribution in [2.24, 2.45) is 23.2 Å². The number of likely N-dealkylation sites (tertiary alicyclic amines) is 1. The number of carbonyl (C=O) groups excluding carboxylic acids is 2. The predicted molar refractivity (Wildman–Crippen MR) is 135 cm³/mol. The number of aliphatic hydroxyl groups is 1. The molecule has 6 aliphatic rings. The number of urea groups is 1. The number of halogens is 3. The molecule has 7 rings (SSSR count). The molecule has 4 aliphatic carbocycles. The monoisotopic (exact) mass is 534 g/mol. The van der Waals surface area contributed by atoms with Crippen molar-refractivity contribution in [3.63, 3.8) is 0 Å². The van der Waals surface area contributed by atoms with E-state index in [-0.39, 0.29) is 41.3 Å². The number of carbonyl (C=O) groups is 2. The minimum absolute atomic E-state index is 0.0643. The molecule has 0 radical (unpaired) electrons. The summed E-state index contributed by atoms with van der Waals surface area (Å²) in [7, 11) is 0. The minimum atomic E-state index is -4.38. The summed E-state index contributed by atoms with van der Waals surface area (Å²) < 4.78 is 39.3. The van der Waals surface area contributed by atoms with E-state index in [1.807, 2.05) is 9.80 Å². The maximum Gasteiger partial charge on any atom is 0.416 e. The summed E-state index contributed by atoms with van der Waals surface area (Å²) in [4.78, 5) is 32.3. The molecule has 0 spiro atoms. The summed E-state index contributed by atoms with van der Waals surface area (Å²) in [6.45, 7) is 2.95. The fourth-order valence-electron chi connectivity index (χ4n) is 8.12. The average molecular weight is 535 g/mol. The molecule has 4 bridgehead atoms. The van der Waals surface area contributed by atoms with E-state index in [4.69, 9.17) is 0 Å². The van der Waals surface area contributed by atoms with Crippen LogP contribution in [-0.2, 0) is 11.0 Å². The molecular weight excluding hydrogens is 497 g/mol. The zero-order valence-corrected chi connectivity index (χ0v) is 21.6. The Morgan fingerprint density at radius 2 is 1.68 bits per heavy atom. The van der Waals surface area contributed by atoms with Gasteiger partial charge in [0, 0.05) is 51.0 Å². The smallest absolute Gasteiger partial charge is 0.393 e. The highest BCUT2D eigenvalue weighted by Gasteiger charge is 2.58. The first-order valence-corrected chi connectivity index (χ1v) is 14.1. The lowest BCUT2D eigenvalue weighted by Crippen LogP contribution is -2.61. The maximum absolute atomic E-state index is 13.5. The highest BCUT2D eigenvalue weighted by Crippen LogP contribution is 2.60. The van der Waals surface area contributed by atoms with Crippen LogP contribution in [-0.4, -0.2) is 78.3 Å². The SMILES string of the molecule is O=C(N1CCN(c2cccc(C(F)(F)F)c2)CC1)N1CCC[C@H](NC(=O)C23CC4CC(C2)C(O)C(C4)C3)C1. The molecule has 10 heteroatoms. The Kier molecular flexibility index (Phi) is 6.52. The largest absolute Gasteiger partial charge is 0.416 e. The third kappa shape index (κ3) is 4.73. The number of alkyl halides is 3. The van der Waals surface area contributed by atoms with Gasteiger partial charge in [0.25, 0.3) is 0 Å². The number of piperazine rings is 1. The van der Waals surface area contributed by atoms with Crippen LogP contribution in [0.15, 0.2) is 24.3 Å². The molecule has 3 amide bonds. The van der Waals surface area contributed by atoms with Crippen LogP contribution in [0.4, 0.5) is 23.7 Å². The van der Waals surface area contributed by atoms with E-state index in [9.17, 15) is 27.9 Å². The van der Waals surface area contributed by atoms with Crippen LogP contribution >= 0.6 is 0 Å². The molecule has 208 valence electrons. The van der Waals surface area contributed by atoms with Gasteiger partial charge >= 0.3 is 12.2 Å². The first-order chi connectivity index (χ1) is 18.1. The Morgan fingerprint density at radius 1 is 0.974 bits per heavy atom. The summed E-state index contributed by atoms with van der Waals surface area (Å²) in [6.07, 6.45) is 1.57. The Morgan fingerprint density at radius 3 is 2.37 bits per heavy atom. The van der Waals surface area contributed by atoms with Crippen molar-refractivity contribution in [1.29, 1.82) is 0 Å². The molecule has 2 unspecified atom stereocenters. The van der Waals surface area contributed by atoms with Gasteiger partial charge in [0.15, 0.2) is 0 Å². The number of nitrogens with zero attached hydrogens (tertiary/aromatic N) is 3. The zero-order valence-electron chi connectivity index (χ0n) is 21.6.